The number of nitrogens with one attached hydrogen (secondary N) is 6. The second kappa shape index (κ2) is 24.3. The van der Waals surface area contributed by atoms with Gasteiger partial charge >= 0.3 is 18.1 Å². The second-order valence-electron chi connectivity index (χ2n) is 18.2. The molecule has 0 atom stereocenters. The Bertz CT molecular complexity index is 4160. The van der Waals surface area contributed by atoms with Crippen molar-refractivity contribution >= 4 is 117 Å². The number of oxazole rings is 1. The lowest BCUT2D eigenvalue weighted by Crippen LogP contribution is -2.19. The largest absolute Gasteiger partial charge is 0.507 e. The van der Waals surface area contributed by atoms with E-state index in [2.05, 4.69) is 46.9 Å². The number of urea groups is 3. The normalized spacial score (nSPS) is 10.7. The summed E-state index contributed by atoms with van der Waals surface area (Å²) in [5.74, 6) is 0.550. The number of carbonyl (C=O) groups is 3. The molecule has 0 aliphatic heterocycles. The van der Waals surface area contributed by atoms with Gasteiger partial charge in [-0.25, -0.2) is 29.3 Å². The van der Waals surface area contributed by atoms with E-state index in [4.69, 9.17) is 4.42 Å². The minimum atomic E-state index is -0.384. The second-order valence-corrected chi connectivity index (χ2v) is 20.2. The lowest BCUT2D eigenvalue weighted by atomic mass is 10.1. The Labute approximate surface area is 476 Å². The highest BCUT2D eigenvalue weighted by atomic mass is 32.1. The van der Waals surface area contributed by atoms with Gasteiger partial charge in [0, 0.05) is 33.8 Å². The van der Waals surface area contributed by atoms with E-state index >= 15 is 0 Å². The molecule has 3 aromatic heterocycles. The first-order valence-corrected chi connectivity index (χ1v) is 27.1. The van der Waals surface area contributed by atoms with Crippen LogP contribution in [0.2, 0.25) is 0 Å². The summed E-state index contributed by atoms with van der Waals surface area (Å²) in [4.78, 5) is 50.4. The van der Waals surface area contributed by atoms with E-state index < -0.39 is 0 Å². The minimum absolute atomic E-state index is 0.0190. The van der Waals surface area contributed by atoms with Crippen molar-refractivity contribution < 1.29 is 34.1 Å². The lowest BCUT2D eigenvalue weighted by molar-refractivity contribution is 0.261. The van der Waals surface area contributed by atoms with E-state index in [1.807, 2.05) is 158 Å². The number of thiazole rings is 2. The van der Waals surface area contributed by atoms with Crippen LogP contribution in [0.3, 0.4) is 0 Å². The van der Waals surface area contributed by atoms with Crippen molar-refractivity contribution in [3.8, 4) is 49.8 Å². The molecule has 0 bridgehead atoms. The summed E-state index contributed by atoms with van der Waals surface area (Å²) in [5.41, 5.74) is 8.43. The van der Waals surface area contributed by atoms with Crippen LogP contribution in [-0.2, 0) is 0 Å². The molecule has 9 N–H and O–H groups in total. The van der Waals surface area contributed by atoms with Gasteiger partial charge in [0.1, 0.15) is 32.8 Å². The molecule has 0 saturated carbocycles. The Balaban J connectivity index is 0.000000130. The molecule has 13 rings (SSSR count). The highest BCUT2D eigenvalue weighted by Crippen LogP contribution is 2.39. The first-order valence-electron chi connectivity index (χ1n) is 25.4. The first kappa shape index (κ1) is 52.9. The standard InChI is InChI=1S/C24H17N3O2S.C20H15N3O3.C20H15N3O2S/c28-21-13-12-16(14-18(21)23-26-20-9-3-4-11-22(20)30-23)25-24(29)27-19-10-5-7-15-6-1-2-8-17(15)19;2*24-17-11-10-14(22-20(25)21-13-6-2-1-3-7-13)12-15(17)19-23-16-8-4-5-9-18(16)26-19/h1-14,28H,(H2,25,27,29);2*1-12,24H,(H2,21,22,25). The van der Waals surface area contributed by atoms with E-state index in [1.54, 1.807) is 66.7 Å². The number of phenolic OH excluding ortho intramolecular Hbond substituents is 3. The SMILES string of the molecule is O=C(Nc1ccc(O)c(-c2nc3ccccc3s2)c1)Nc1cccc2ccccc12.O=C(Nc1ccccc1)Nc1ccc(O)c(-c2nc3ccccc3o2)c1.O=C(Nc1ccccc1)Nc1ccc(O)c(-c2nc3ccccc3s2)c1. The van der Waals surface area contributed by atoms with Gasteiger partial charge in [0.25, 0.3) is 0 Å². The van der Waals surface area contributed by atoms with Crippen molar-refractivity contribution in [2.24, 2.45) is 0 Å². The van der Waals surface area contributed by atoms with Crippen LogP contribution in [0.5, 0.6) is 17.2 Å². The quantitative estimate of drug-likeness (QED) is 0.0620. The number of aromatic hydroxyl groups is 3. The van der Waals surface area contributed by atoms with Gasteiger partial charge in [-0.3, -0.25) is 0 Å². The van der Waals surface area contributed by atoms with Crippen molar-refractivity contribution in [1.82, 2.24) is 15.0 Å². The average molecular weight is 1120 g/mol. The third-order valence-corrected chi connectivity index (χ3v) is 14.6. The molecule has 0 aliphatic carbocycles. The highest BCUT2D eigenvalue weighted by Gasteiger charge is 2.17. The zero-order valence-corrected chi connectivity index (χ0v) is 44.7. The molecule has 0 radical (unpaired) electrons. The van der Waals surface area contributed by atoms with Gasteiger partial charge in [0.2, 0.25) is 5.89 Å². The van der Waals surface area contributed by atoms with Gasteiger partial charge in [0.05, 0.1) is 42.8 Å². The van der Waals surface area contributed by atoms with Crippen LogP contribution >= 0.6 is 22.7 Å². The molecule has 18 heteroatoms. The van der Waals surface area contributed by atoms with E-state index in [1.165, 1.54) is 28.7 Å². The summed E-state index contributed by atoms with van der Waals surface area (Å²) in [5, 5.41) is 50.9. The van der Waals surface area contributed by atoms with Gasteiger partial charge in [0.15, 0.2) is 5.58 Å². The number of carbonyl (C=O) groups excluding carboxylic acids is 3. The zero-order valence-electron chi connectivity index (χ0n) is 43.1. The third kappa shape index (κ3) is 12.7. The van der Waals surface area contributed by atoms with Crippen molar-refractivity contribution in [3.63, 3.8) is 0 Å². The molecule has 82 heavy (non-hydrogen) atoms. The number of benzene rings is 10. The Kier molecular flexibility index (Phi) is 15.7. The van der Waals surface area contributed by atoms with E-state index in [0.29, 0.717) is 66.2 Å². The van der Waals surface area contributed by atoms with Gasteiger partial charge in [-0.15, -0.1) is 22.7 Å². The van der Waals surface area contributed by atoms with Gasteiger partial charge in [-0.05, 0) is 127 Å². The molecule has 0 fully saturated rings. The fourth-order valence-electron chi connectivity index (χ4n) is 8.57. The molecule has 3 heterocycles. The van der Waals surface area contributed by atoms with E-state index in [0.717, 1.165) is 36.9 Å². The predicted octanol–water partition coefficient (Wildman–Crippen LogP) is 16.6. The molecule has 0 aliphatic rings. The summed E-state index contributed by atoms with van der Waals surface area (Å²) in [6.07, 6.45) is 0. The summed E-state index contributed by atoms with van der Waals surface area (Å²) in [6, 6.07) is 68.4. The van der Waals surface area contributed by atoms with E-state index in [-0.39, 0.29) is 41.2 Å². The monoisotopic (exact) mass is 1120 g/mol. The van der Waals surface area contributed by atoms with Crippen LogP contribution in [-0.4, -0.2) is 48.4 Å². The number of para-hydroxylation sites is 6. The Morgan fingerprint density at radius 3 is 1.30 bits per heavy atom. The molecule has 0 saturated heterocycles. The number of phenols is 3. The first-order chi connectivity index (χ1) is 40.0. The van der Waals surface area contributed by atoms with Crippen molar-refractivity contribution in [1.29, 1.82) is 0 Å². The highest BCUT2D eigenvalue weighted by molar-refractivity contribution is 7.22. The Morgan fingerprint density at radius 2 is 0.780 bits per heavy atom. The van der Waals surface area contributed by atoms with Crippen LogP contribution in [0.25, 0.3) is 74.9 Å². The summed E-state index contributed by atoms with van der Waals surface area (Å²) < 4.78 is 7.78. The number of fused-ring (bicyclic) bond motifs is 4. The van der Waals surface area contributed by atoms with Crippen molar-refractivity contribution in [2.75, 3.05) is 31.9 Å². The lowest BCUT2D eigenvalue weighted by Gasteiger charge is -2.11. The maximum absolute atomic E-state index is 12.6. The number of amides is 6. The third-order valence-electron chi connectivity index (χ3n) is 12.4. The summed E-state index contributed by atoms with van der Waals surface area (Å²) in [7, 11) is 0. The van der Waals surface area contributed by atoms with Crippen molar-refractivity contribution in [3.05, 3.63) is 231 Å². The molecular weight excluding hydrogens is 1070 g/mol. The van der Waals surface area contributed by atoms with Crippen LogP contribution < -0.4 is 31.9 Å². The molecule has 6 amide bonds. The fraction of sp³-hybridized carbons (Fsp3) is 0. The van der Waals surface area contributed by atoms with Gasteiger partial charge in [-0.1, -0.05) is 109 Å². The molecule has 0 unspecified atom stereocenters. The number of hydrogen-bond donors (Lipinski definition) is 9. The number of aromatic nitrogens is 3. The number of hydrogen-bond acceptors (Lipinski definition) is 12. The molecule has 402 valence electrons. The molecule has 0 spiro atoms. The number of rotatable bonds is 9. The Hall–Kier alpha value is -11.1. The van der Waals surface area contributed by atoms with Gasteiger partial charge < -0.3 is 51.6 Å². The number of anilines is 6. The number of nitrogens with zero attached hydrogens (tertiary/aromatic N) is 3. The maximum atomic E-state index is 12.6. The van der Waals surface area contributed by atoms with Crippen molar-refractivity contribution in [2.45, 2.75) is 0 Å². The topological polar surface area (TPSA) is 236 Å². The minimum Gasteiger partial charge on any atom is -0.507 e. The molecule has 10 aromatic carbocycles. The Morgan fingerprint density at radius 1 is 0.366 bits per heavy atom. The fourth-order valence-corrected chi connectivity index (χ4v) is 10.5. The van der Waals surface area contributed by atoms with Crippen LogP contribution in [0, 0.1) is 0 Å². The summed E-state index contributed by atoms with van der Waals surface area (Å²) >= 11 is 2.99. The zero-order chi connectivity index (χ0) is 56.4. The average Bonchev–Trinajstić information content (AvgIpc) is 4.46. The van der Waals surface area contributed by atoms with Crippen LogP contribution in [0.15, 0.2) is 235 Å². The van der Waals surface area contributed by atoms with Crippen LogP contribution in [0.4, 0.5) is 48.5 Å². The van der Waals surface area contributed by atoms with Gasteiger partial charge in [-0.2, -0.15) is 0 Å². The smallest absolute Gasteiger partial charge is 0.323 e. The summed E-state index contributed by atoms with van der Waals surface area (Å²) in [6.45, 7) is 0. The molecule has 16 nitrogen and oxygen atoms in total. The molecular formula is C64H47N9O7S2. The van der Waals surface area contributed by atoms with E-state index in [9.17, 15) is 29.7 Å². The predicted molar refractivity (Wildman–Crippen MR) is 329 cm³/mol. The molecule has 13 aromatic rings. The maximum Gasteiger partial charge on any atom is 0.323 e. The van der Waals surface area contributed by atoms with Crippen LogP contribution in [0.1, 0.15) is 0 Å².